The topological polar surface area (TPSA) is 26.0 Å². The molecule has 1 aliphatic rings. The van der Waals surface area contributed by atoms with Gasteiger partial charge >= 0.3 is 0 Å². The zero-order valence-electron chi connectivity index (χ0n) is 7.19. The fraction of sp³-hybridized carbons (Fsp3) is 0.400. The van der Waals surface area contributed by atoms with E-state index in [1.165, 1.54) is 6.07 Å². The molecule has 0 heterocycles. The zero-order valence-corrected chi connectivity index (χ0v) is 8.77. The summed E-state index contributed by atoms with van der Waals surface area (Å²) < 4.78 is 14.2. The average molecular weight is 244 g/mol. The highest BCUT2D eigenvalue weighted by Crippen LogP contribution is 2.32. The summed E-state index contributed by atoms with van der Waals surface area (Å²) in [6.07, 6.45) is 2.78. The van der Waals surface area contributed by atoms with Crippen LogP contribution in [0, 0.1) is 5.82 Å². The van der Waals surface area contributed by atoms with E-state index in [0.29, 0.717) is 0 Å². The molecule has 13 heavy (non-hydrogen) atoms. The first-order chi connectivity index (χ1) is 6.18. The first kappa shape index (κ1) is 9.16. The van der Waals surface area contributed by atoms with E-state index in [2.05, 4.69) is 15.9 Å². The summed E-state index contributed by atoms with van der Waals surface area (Å²) in [5, 5.41) is 0. The molecule has 70 valence electrons. The lowest BCUT2D eigenvalue weighted by atomic mass is 9.88. The molecule has 0 fully saturated rings. The molecule has 1 aromatic carbocycles. The minimum Gasteiger partial charge on any atom is -0.324 e. The Morgan fingerprint density at radius 1 is 1.46 bits per heavy atom. The number of nitrogens with two attached hydrogens (primary N) is 1. The van der Waals surface area contributed by atoms with Crippen molar-refractivity contribution in [3.63, 3.8) is 0 Å². The van der Waals surface area contributed by atoms with Crippen LogP contribution < -0.4 is 5.73 Å². The predicted octanol–water partition coefficient (Wildman–Crippen LogP) is 2.92. The van der Waals surface area contributed by atoms with Crippen LogP contribution in [0.25, 0.3) is 0 Å². The Morgan fingerprint density at radius 3 is 3.00 bits per heavy atom. The standard InChI is InChI=1S/C10H11BrFN/c11-6-4-8-7(9(12)5-6)2-1-3-10(8)13/h4-5,10H,1-3,13H2/t10-/m0/s1. The SMILES string of the molecule is N[C@H]1CCCc2c(F)cc(Br)cc21. The molecule has 0 radical (unpaired) electrons. The van der Waals surface area contributed by atoms with E-state index in [0.717, 1.165) is 34.9 Å². The van der Waals surface area contributed by atoms with E-state index in [4.69, 9.17) is 5.73 Å². The van der Waals surface area contributed by atoms with E-state index in [1.54, 1.807) is 0 Å². The van der Waals surface area contributed by atoms with Crippen molar-refractivity contribution in [2.24, 2.45) is 5.73 Å². The molecule has 0 saturated heterocycles. The lowest BCUT2D eigenvalue weighted by Gasteiger charge is -2.22. The third-order valence-corrected chi connectivity index (χ3v) is 2.99. The highest BCUT2D eigenvalue weighted by atomic mass is 79.9. The average Bonchev–Trinajstić information content (AvgIpc) is 2.07. The lowest BCUT2D eigenvalue weighted by Crippen LogP contribution is -2.18. The Morgan fingerprint density at radius 2 is 2.23 bits per heavy atom. The molecule has 1 aromatic rings. The third kappa shape index (κ3) is 1.63. The van der Waals surface area contributed by atoms with E-state index in [-0.39, 0.29) is 11.9 Å². The van der Waals surface area contributed by atoms with Crippen LogP contribution in [0.5, 0.6) is 0 Å². The number of benzene rings is 1. The van der Waals surface area contributed by atoms with Crippen LogP contribution in [0.4, 0.5) is 4.39 Å². The number of hydrogen-bond donors (Lipinski definition) is 1. The second-order valence-electron chi connectivity index (χ2n) is 3.45. The Bertz CT molecular complexity index is 338. The summed E-state index contributed by atoms with van der Waals surface area (Å²) in [5.74, 6) is -0.125. The van der Waals surface area contributed by atoms with E-state index >= 15 is 0 Å². The molecule has 2 rings (SSSR count). The number of halogens is 2. The maximum absolute atomic E-state index is 13.4. The Kier molecular flexibility index (Phi) is 2.39. The molecule has 0 amide bonds. The molecular formula is C10H11BrFN. The number of rotatable bonds is 0. The quantitative estimate of drug-likeness (QED) is 0.746. The summed E-state index contributed by atoms with van der Waals surface area (Å²) in [4.78, 5) is 0. The van der Waals surface area contributed by atoms with Crippen LogP contribution in [0.1, 0.15) is 30.0 Å². The molecule has 0 unspecified atom stereocenters. The minimum absolute atomic E-state index is 0.00995. The summed E-state index contributed by atoms with van der Waals surface area (Å²) in [7, 11) is 0. The van der Waals surface area contributed by atoms with Gasteiger partial charge in [0.1, 0.15) is 5.82 Å². The third-order valence-electron chi connectivity index (χ3n) is 2.54. The van der Waals surface area contributed by atoms with Gasteiger partial charge in [-0.05, 0) is 42.5 Å². The Labute approximate surface area is 85.3 Å². The van der Waals surface area contributed by atoms with Gasteiger partial charge in [-0.1, -0.05) is 15.9 Å². The summed E-state index contributed by atoms with van der Waals surface area (Å²) in [5.41, 5.74) is 7.67. The van der Waals surface area contributed by atoms with Gasteiger partial charge in [-0.2, -0.15) is 0 Å². The first-order valence-corrected chi connectivity index (χ1v) is 5.21. The van der Waals surface area contributed by atoms with Crippen LogP contribution in [0.2, 0.25) is 0 Å². The zero-order chi connectivity index (χ0) is 9.42. The molecule has 2 N–H and O–H groups in total. The molecule has 0 aromatic heterocycles. The molecule has 1 atom stereocenters. The Hall–Kier alpha value is -0.410. The van der Waals surface area contributed by atoms with Crippen molar-refractivity contribution in [2.75, 3.05) is 0 Å². The second-order valence-corrected chi connectivity index (χ2v) is 4.37. The fourth-order valence-electron chi connectivity index (χ4n) is 1.87. The second kappa shape index (κ2) is 3.39. The van der Waals surface area contributed by atoms with Crippen molar-refractivity contribution in [3.05, 3.63) is 33.5 Å². The van der Waals surface area contributed by atoms with Gasteiger partial charge in [0.05, 0.1) is 0 Å². The Balaban J connectivity index is 2.56. The van der Waals surface area contributed by atoms with Crippen molar-refractivity contribution in [2.45, 2.75) is 25.3 Å². The van der Waals surface area contributed by atoms with Gasteiger partial charge in [-0.15, -0.1) is 0 Å². The largest absolute Gasteiger partial charge is 0.324 e. The smallest absolute Gasteiger partial charge is 0.127 e. The summed E-state index contributed by atoms with van der Waals surface area (Å²) in [6, 6.07) is 3.45. The van der Waals surface area contributed by atoms with Crippen LogP contribution >= 0.6 is 15.9 Å². The molecule has 0 saturated carbocycles. The minimum atomic E-state index is -0.125. The summed E-state index contributed by atoms with van der Waals surface area (Å²) >= 11 is 3.27. The van der Waals surface area contributed by atoms with Gasteiger partial charge in [0, 0.05) is 10.5 Å². The van der Waals surface area contributed by atoms with Crippen molar-refractivity contribution in [3.8, 4) is 0 Å². The van der Waals surface area contributed by atoms with E-state index in [1.807, 2.05) is 6.07 Å². The van der Waals surface area contributed by atoms with Crippen LogP contribution in [0.3, 0.4) is 0 Å². The maximum Gasteiger partial charge on any atom is 0.127 e. The van der Waals surface area contributed by atoms with Gasteiger partial charge in [0.15, 0.2) is 0 Å². The molecule has 1 aliphatic carbocycles. The van der Waals surface area contributed by atoms with Gasteiger partial charge in [0.2, 0.25) is 0 Å². The monoisotopic (exact) mass is 243 g/mol. The maximum atomic E-state index is 13.4. The van der Waals surface area contributed by atoms with Crippen molar-refractivity contribution >= 4 is 15.9 Å². The van der Waals surface area contributed by atoms with Crippen LogP contribution in [-0.2, 0) is 6.42 Å². The highest BCUT2D eigenvalue weighted by Gasteiger charge is 2.20. The normalized spacial score (nSPS) is 21.3. The predicted molar refractivity (Wildman–Crippen MR) is 54.0 cm³/mol. The van der Waals surface area contributed by atoms with E-state index in [9.17, 15) is 4.39 Å². The molecule has 0 spiro atoms. The fourth-order valence-corrected chi connectivity index (χ4v) is 2.32. The van der Waals surface area contributed by atoms with Gasteiger partial charge < -0.3 is 5.73 Å². The van der Waals surface area contributed by atoms with Crippen LogP contribution in [0.15, 0.2) is 16.6 Å². The number of fused-ring (bicyclic) bond motifs is 1. The van der Waals surface area contributed by atoms with Gasteiger partial charge in [-0.25, -0.2) is 4.39 Å². The molecule has 0 aliphatic heterocycles. The van der Waals surface area contributed by atoms with Crippen molar-refractivity contribution in [1.82, 2.24) is 0 Å². The van der Waals surface area contributed by atoms with Crippen molar-refractivity contribution in [1.29, 1.82) is 0 Å². The van der Waals surface area contributed by atoms with Gasteiger partial charge in [0.25, 0.3) is 0 Å². The van der Waals surface area contributed by atoms with Crippen LogP contribution in [-0.4, -0.2) is 0 Å². The number of hydrogen-bond acceptors (Lipinski definition) is 1. The van der Waals surface area contributed by atoms with Crippen molar-refractivity contribution < 1.29 is 4.39 Å². The lowest BCUT2D eigenvalue weighted by molar-refractivity contribution is 0.531. The van der Waals surface area contributed by atoms with E-state index < -0.39 is 0 Å². The highest BCUT2D eigenvalue weighted by molar-refractivity contribution is 9.10. The molecule has 3 heteroatoms. The molecule has 0 bridgehead atoms. The summed E-state index contributed by atoms with van der Waals surface area (Å²) in [6.45, 7) is 0. The van der Waals surface area contributed by atoms with Gasteiger partial charge in [-0.3, -0.25) is 0 Å². The molecular weight excluding hydrogens is 233 g/mol. The molecule has 1 nitrogen and oxygen atoms in total. The first-order valence-electron chi connectivity index (χ1n) is 4.42.